The largest absolute Gasteiger partial charge is 0.478 e. The van der Waals surface area contributed by atoms with Gasteiger partial charge in [-0.3, -0.25) is 0 Å². The Morgan fingerprint density at radius 3 is 2.79 bits per heavy atom. The van der Waals surface area contributed by atoms with Gasteiger partial charge < -0.3 is 10.1 Å². The van der Waals surface area contributed by atoms with E-state index in [4.69, 9.17) is 16.7 Å². The lowest BCUT2D eigenvalue weighted by Gasteiger charge is -1.97. The molecule has 14 heavy (non-hydrogen) atoms. The average molecular weight is 210 g/mol. The van der Waals surface area contributed by atoms with E-state index in [0.717, 1.165) is 16.6 Å². The zero-order valence-corrected chi connectivity index (χ0v) is 8.22. The number of aryl methyl sites for hydroxylation is 1. The maximum Gasteiger partial charge on any atom is 0.335 e. The molecule has 0 atom stereocenters. The molecule has 2 N–H and O–H groups in total. The van der Waals surface area contributed by atoms with Gasteiger partial charge in [-0.15, -0.1) is 0 Å². The Kier molecular flexibility index (Phi) is 1.97. The molecule has 4 heteroatoms. The highest BCUT2D eigenvalue weighted by Crippen LogP contribution is 2.25. The molecule has 0 amide bonds. The molecule has 2 aromatic rings. The van der Waals surface area contributed by atoms with Gasteiger partial charge in [0.25, 0.3) is 0 Å². The van der Waals surface area contributed by atoms with Gasteiger partial charge in [0.05, 0.1) is 16.1 Å². The SMILES string of the molecule is Cc1cc2cc(C(=O)O)cc(Cl)c2[nH]1. The van der Waals surface area contributed by atoms with Gasteiger partial charge in [-0.1, -0.05) is 11.6 Å². The summed E-state index contributed by atoms with van der Waals surface area (Å²) in [5.41, 5.74) is 1.96. The summed E-state index contributed by atoms with van der Waals surface area (Å²) >= 11 is 5.93. The molecule has 1 aromatic heterocycles. The molecule has 0 radical (unpaired) electrons. The topological polar surface area (TPSA) is 53.1 Å². The number of carbonyl (C=O) groups is 1. The van der Waals surface area contributed by atoms with Crippen molar-refractivity contribution in [1.82, 2.24) is 4.98 Å². The van der Waals surface area contributed by atoms with Crippen molar-refractivity contribution in [3.63, 3.8) is 0 Å². The molecule has 1 aromatic carbocycles. The van der Waals surface area contributed by atoms with Crippen LogP contribution in [0.3, 0.4) is 0 Å². The summed E-state index contributed by atoms with van der Waals surface area (Å²) in [6, 6.07) is 4.92. The van der Waals surface area contributed by atoms with E-state index in [-0.39, 0.29) is 5.56 Å². The Morgan fingerprint density at radius 2 is 2.14 bits per heavy atom. The Labute approximate surface area is 85.3 Å². The van der Waals surface area contributed by atoms with Crippen molar-refractivity contribution in [1.29, 1.82) is 0 Å². The lowest BCUT2D eigenvalue weighted by atomic mass is 10.1. The van der Waals surface area contributed by atoms with Gasteiger partial charge in [-0.2, -0.15) is 0 Å². The molecule has 2 rings (SSSR count). The number of halogens is 1. The molecule has 0 unspecified atom stereocenters. The van der Waals surface area contributed by atoms with Crippen molar-refractivity contribution in [3.8, 4) is 0 Å². The number of nitrogens with one attached hydrogen (secondary N) is 1. The van der Waals surface area contributed by atoms with E-state index >= 15 is 0 Å². The summed E-state index contributed by atoms with van der Waals surface area (Å²) in [5.74, 6) is -0.965. The zero-order valence-electron chi connectivity index (χ0n) is 7.47. The predicted octanol–water partition coefficient (Wildman–Crippen LogP) is 2.83. The van der Waals surface area contributed by atoms with Crippen molar-refractivity contribution in [2.45, 2.75) is 6.92 Å². The second-order valence-corrected chi connectivity index (χ2v) is 3.59. The number of benzene rings is 1. The fourth-order valence-electron chi connectivity index (χ4n) is 1.46. The van der Waals surface area contributed by atoms with Crippen LogP contribution in [0.2, 0.25) is 5.02 Å². The highest BCUT2D eigenvalue weighted by atomic mass is 35.5. The summed E-state index contributed by atoms with van der Waals surface area (Å²) in [4.78, 5) is 13.8. The third-order valence-corrected chi connectivity index (χ3v) is 2.36. The monoisotopic (exact) mass is 209 g/mol. The van der Waals surface area contributed by atoms with Gasteiger partial charge in [0.1, 0.15) is 0 Å². The normalized spacial score (nSPS) is 10.7. The van der Waals surface area contributed by atoms with Crippen LogP contribution in [-0.2, 0) is 0 Å². The Hall–Kier alpha value is -1.48. The molecule has 72 valence electrons. The summed E-state index contributed by atoms with van der Waals surface area (Å²) in [7, 11) is 0. The standard InChI is InChI=1S/C10H8ClNO2/c1-5-2-6-3-7(10(13)14)4-8(11)9(6)12-5/h2-4,12H,1H3,(H,13,14). The Morgan fingerprint density at radius 1 is 1.43 bits per heavy atom. The first-order valence-electron chi connectivity index (χ1n) is 4.10. The third kappa shape index (κ3) is 1.36. The first-order valence-corrected chi connectivity index (χ1v) is 4.48. The quantitative estimate of drug-likeness (QED) is 0.759. The fourth-order valence-corrected chi connectivity index (χ4v) is 1.74. The molecule has 0 fully saturated rings. The summed E-state index contributed by atoms with van der Waals surface area (Å²) < 4.78 is 0. The van der Waals surface area contributed by atoms with Crippen LogP contribution in [0.25, 0.3) is 10.9 Å². The van der Waals surface area contributed by atoms with Crippen LogP contribution in [0.15, 0.2) is 18.2 Å². The highest BCUT2D eigenvalue weighted by molar-refractivity contribution is 6.35. The smallest absolute Gasteiger partial charge is 0.335 e. The van der Waals surface area contributed by atoms with E-state index in [1.165, 1.54) is 6.07 Å². The van der Waals surface area contributed by atoms with E-state index in [0.29, 0.717) is 5.02 Å². The zero-order chi connectivity index (χ0) is 10.3. The number of hydrogen-bond donors (Lipinski definition) is 2. The van der Waals surface area contributed by atoms with E-state index in [1.807, 2.05) is 13.0 Å². The van der Waals surface area contributed by atoms with Crippen molar-refractivity contribution in [2.24, 2.45) is 0 Å². The second-order valence-electron chi connectivity index (χ2n) is 3.18. The number of hydrogen-bond acceptors (Lipinski definition) is 1. The molecule has 3 nitrogen and oxygen atoms in total. The Balaban J connectivity index is 2.77. The molecule has 0 saturated heterocycles. The number of fused-ring (bicyclic) bond motifs is 1. The Bertz CT molecular complexity index is 516. The number of H-pyrrole nitrogens is 1. The average Bonchev–Trinajstić information content (AvgIpc) is 2.45. The minimum absolute atomic E-state index is 0.210. The van der Waals surface area contributed by atoms with Crippen LogP contribution < -0.4 is 0 Å². The van der Waals surface area contributed by atoms with Crippen molar-refractivity contribution < 1.29 is 9.90 Å². The first kappa shape index (κ1) is 9.09. The summed E-state index contributed by atoms with van der Waals surface area (Å²) in [5, 5.41) is 10.1. The van der Waals surface area contributed by atoms with Gasteiger partial charge in [-0.05, 0) is 25.1 Å². The summed E-state index contributed by atoms with van der Waals surface area (Å²) in [6.07, 6.45) is 0. The molecule has 0 spiro atoms. The maximum absolute atomic E-state index is 10.7. The van der Waals surface area contributed by atoms with E-state index in [2.05, 4.69) is 4.98 Å². The fraction of sp³-hybridized carbons (Fsp3) is 0.100. The third-order valence-electron chi connectivity index (χ3n) is 2.06. The van der Waals surface area contributed by atoms with Crippen LogP contribution in [-0.4, -0.2) is 16.1 Å². The molecular weight excluding hydrogens is 202 g/mol. The van der Waals surface area contributed by atoms with Gasteiger partial charge in [0, 0.05) is 11.1 Å². The van der Waals surface area contributed by atoms with E-state index in [1.54, 1.807) is 6.07 Å². The maximum atomic E-state index is 10.7. The number of carboxylic acid groups (broad SMARTS) is 1. The van der Waals surface area contributed by atoms with Crippen molar-refractivity contribution in [3.05, 3.63) is 34.5 Å². The summed E-state index contributed by atoms with van der Waals surface area (Å²) in [6.45, 7) is 1.90. The first-order chi connectivity index (χ1) is 6.58. The van der Waals surface area contributed by atoms with Crippen LogP contribution >= 0.6 is 11.6 Å². The van der Waals surface area contributed by atoms with Crippen LogP contribution in [0.1, 0.15) is 16.1 Å². The number of aromatic carboxylic acids is 1. The molecule has 0 bridgehead atoms. The van der Waals surface area contributed by atoms with Gasteiger partial charge in [0.2, 0.25) is 0 Å². The molecule has 1 heterocycles. The molecule has 0 aliphatic rings. The van der Waals surface area contributed by atoms with Crippen LogP contribution in [0.4, 0.5) is 0 Å². The lowest BCUT2D eigenvalue weighted by molar-refractivity contribution is 0.0697. The molecular formula is C10H8ClNO2. The van der Waals surface area contributed by atoms with Crippen molar-refractivity contribution in [2.75, 3.05) is 0 Å². The van der Waals surface area contributed by atoms with Gasteiger partial charge >= 0.3 is 5.97 Å². The van der Waals surface area contributed by atoms with E-state index in [9.17, 15) is 4.79 Å². The molecule has 0 aliphatic carbocycles. The number of aromatic nitrogens is 1. The second kappa shape index (κ2) is 3.03. The van der Waals surface area contributed by atoms with Gasteiger partial charge in [-0.25, -0.2) is 4.79 Å². The lowest BCUT2D eigenvalue weighted by Crippen LogP contribution is -1.95. The number of rotatable bonds is 1. The minimum atomic E-state index is -0.965. The van der Waals surface area contributed by atoms with Gasteiger partial charge in [0.15, 0.2) is 0 Å². The highest BCUT2D eigenvalue weighted by Gasteiger charge is 2.09. The molecule has 0 aliphatic heterocycles. The number of carboxylic acids is 1. The molecule has 0 saturated carbocycles. The van der Waals surface area contributed by atoms with Crippen LogP contribution in [0, 0.1) is 6.92 Å². The van der Waals surface area contributed by atoms with E-state index < -0.39 is 5.97 Å². The van der Waals surface area contributed by atoms with Crippen molar-refractivity contribution >= 4 is 28.5 Å². The predicted molar refractivity (Wildman–Crippen MR) is 55.0 cm³/mol. The van der Waals surface area contributed by atoms with Crippen LogP contribution in [0.5, 0.6) is 0 Å². The number of aromatic amines is 1. The minimum Gasteiger partial charge on any atom is -0.478 e.